The first-order valence-corrected chi connectivity index (χ1v) is 7.75. The van der Waals surface area contributed by atoms with Crippen molar-refractivity contribution >= 4 is 9.84 Å². The molecule has 1 aliphatic heterocycles. The molecule has 2 rings (SSSR count). The fraction of sp³-hybridized carbons (Fsp3) is 0.500. The molecule has 1 aromatic rings. The molecule has 1 aromatic carbocycles. The zero-order valence-corrected chi connectivity index (χ0v) is 11.4. The van der Waals surface area contributed by atoms with E-state index in [1.165, 1.54) is 6.26 Å². The second kappa shape index (κ2) is 5.16. The van der Waals surface area contributed by atoms with Crippen molar-refractivity contribution in [2.24, 2.45) is 0 Å². The quantitative estimate of drug-likeness (QED) is 0.796. The van der Waals surface area contributed by atoms with Crippen LogP contribution < -0.4 is 9.47 Å². The van der Waals surface area contributed by atoms with Crippen molar-refractivity contribution in [2.75, 3.05) is 32.4 Å². The van der Waals surface area contributed by atoms with Crippen LogP contribution in [0.1, 0.15) is 5.56 Å². The van der Waals surface area contributed by atoms with Gasteiger partial charge in [0, 0.05) is 19.3 Å². The lowest BCUT2D eigenvalue weighted by Gasteiger charge is -2.16. The van der Waals surface area contributed by atoms with Crippen molar-refractivity contribution in [3.05, 3.63) is 23.8 Å². The van der Waals surface area contributed by atoms with Gasteiger partial charge in [0.25, 0.3) is 0 Å². The number of benzene rings is 1. The maximum Gasteiger partial charge on any atom is 0.231 e. The van der Waals surface area contributed by atoms with Crippen LogP contribution in [0, 0.1) is 0 Å². The van der Waals surface area contributed by atoms with E-state index < -0.39 is 9.84 Å². The van der Waals surface area contributed by atoms with Crippen molar-refractivity contribution in [2.45, 2.75) is 6.54 Å². The van der Waals surface area contributed by atoms with Gasteiger partial charge in [0.15, 0.2) is 11.5 Å². The molecular weight excluding hydrogens is 254 g/mol. The Morgan fingerprint density at radius 1 is 1.28 bits per heavy atom. The minimum absolute atomic E-state index is 0.175. The fourth-order valence-corrected chi connectivity index (χ4v) is 2.40. The topological polar surface area (TPSA) is 55.8 Å². The third-order valence-corrected chi connectivity index (χ3v) is 3.66. The smallest absolute Gasteiger partial charge is 0.231 e. The zero-order chi connectivity index (χ0) is 13.2. The highest BCUT2D eigenvalue weighted by molar-refractivity contribution is 7.90. The molecule has 0 spiro atoms. The Labute approximate surface area is 107 Å². The largest absolute Gasteiger partial charge is 0.454 e. The molecule has 0 aliphatic carbocycles. The van der Waals surface area contributed by atoms with E-state index in [-0.39, 0.29) is 12.5 Å². The van der Waals surface area contributed by atoms with Crippen molar-refractivity contribution < 1.29 is 17.9 Å². The van der Waals surface area contributed by atoms with Gasteiger partial charge in [0.2, 0.25) is 6.79 Å². The molecule has 0 saturated carbocycles. The van der Waals surface area contributed by atoms with Crippen LogP contribution in [0.4, 0.5) is 0 Å². The number of sulfone groups is 1. The summed E-state index contributed by atoms with van der Waals surface area (Å²) in [5.74, 6) is 1.69. The number of nitrogens with zero attached hydrogens (tertiary/aromatic N) is 1. The highest BCUT2D eigenvalue weighted by atomic mass is 32.2. The van der Waals surface area contributed by atoms with Crippen LogP contribution >= 0.6 is 0 Å². The van der Waals surface area contributed by atoms with Gasteiger partial charge < -0.3 is 14.4 Å². The van der Waals surface area contributed by atoms with Gasteiger partial charge in [0.05, 0.1) is 5.75 Å². The molecule has 0 fully saturated rings. The molecule has 0 atom stereocenters. The fourth-order valence-electron chi connectivity index (χ4n) is 1.75. The molecule has 0 aromatic heterocycles. The summed E-state index contributed by atoms with van der Waals surface area (Å²) in [7, 11) is -1.01. The van der Waals surface area contributed by atoms with Gasteiger partial charge in [-0.15, -0.1) is 0 Å². The van der Waals surface area contributed by atoms with E-state index in [0.717, 1.165) is 17.1 Å². The van der Waals surface area contributed by atoms with Gasteiger partial charge in [-0.05, 0) is 24.7 Å². The van der Waals surface area contributed by atoms with E-state index in [0.29, 0.717) is 13.1 Å². The van der Waals surface area contributed by atoms with Crippen LogP contribution in [0.2, 0.25) is 0 Å². The maximum absolute atomic E-state index is 11.1. The number of hydrogen-bond acceptors (Lipinski definition) is 5. The lowest BCUT2D eigenvalue weighted by Crippen LogP contribution is -2.24. The molecule has 18 heavy (non-hydrogen) atoms. The Balaban J connectivity index is 1.93. The SMILES string of the molecule is CN(CCS(C)(=O)=O)Cc1ccc2c(c1)OCO2. The number of hydrogen-bond donors (Lipinski definition) is 0. The standard InChI is InChI=1S/C12H17NO4S/c1-13(5-6-18(2,14)15)8-10-3-4-11-12(7-10)17-9-16-11/h3-4,7H,5-6,8-9H2,1-2H3. The molecule has 6 heteroatoms. The predicted molar refractivity (Wildman–Crippen MR) is 68.6 cm³/mol. The Hall–Kier alpha value is -1.27. The third-order valence-electron chi connectivity index (χ3n) is 2.73. The van der Waals surface area contributed by atoms with Crippen molar-refractivity contribution in [3.8, 4) is 11.5 Å². The average molecular weight is 271 g/mol. The van der Waals surface area contributed by atoms with Gasteiger partial charge in [0.1, 0.15) is 9.84 Å². The summed E-state index contributed by atoms with van der Waals surface area (Å²) >= 11 is 0. The predicted octanol–water partition coefficient (Wildman–Crippen LogP) is 0.892. The molecule has 5 nitrogen and oxygen atoms in total. The lowest BCUT2D eigenvalue weighted by atomic mass is 10.2. The normalized spacial score (nSPS) is 14.2. The van der Waals surface area contributed by atoms with E-state index in [1.54, 1.807) is 0 Å². The Kier molecular flexibility index (Phi) is 3.77. The number of ether oxygens (including phenoxy) is 2. The first kappa shape index (κ1) is 13.2. The second-order valence-corrected chi connectivity index (χ2v) is 6.82. The number of rotatable bonds is 5. The molecule has 0 radical (unpaired) electrons. The molecule has 1 aliphatic rings. The van der Waals surface area contributed by atoms with Crippen molar-refractivity contribution in [1.29, 1.82) is 0 Å². The Morgan fingerprint density at radius 3 is 2.72 bits per heavy atom. The van der Waals surface area contributed by atoms with E-state index in [9.17, 15) is 8.42 Å². The monoisotopic (exact) mass is 271 g/mol. The van der Waals surface area contributed by atoms with Crippen molar-refractivity contribution in [1.82, 2.24) is 4.90 Å². The molecule has 0 N–H and O–H groups in total. The van der Waals surface area contributed by atoms with Crippen LogP contribution in [0.3, 0.4) is 0 Å². The average Bonchev–Trinajstić information content (AvgIpc) is 2.72. The molecule has 100 valence electrons. The van der Waals surface area contributed by atoms with Gasteiger partial charge in [-0.25, -0.2) is 8.42 Å². The first-order chi connectivity index (χ1) is 8.44. The summed E-state index contributed by atoms with van der Waals surface area (Å²) in [6.07, 6.45) is 1.25. The Morgan fingerprint density at radius 2 is 2.00 bits per heavy atom. The summed E-state index contributed by atoms with van der Waals surface area (Å²) in [6, 6.07) is 5.77. The summed E-state index contributed by atoms with van der Waals surface area (Å²) in [6.45, 7) is 1.47. The molecule has 0 saturated heterocycles. The Bertz CT molecular complexity index is 527. The summed E-state index contributed by atoms with van der Waals surface area (Å²) in [4.78, 5) is 1.97. The van der Waals surface area contributed by atoms with Crippen LogP contribution in [-0.4, -0.2) is 45.7 Å². The van der Waals surface area contributed by atoms with E-state index >= 15 is 0 Å². The molecular formula is C12H17NO4S. The van der Waals surface area contributed by atoms with Crippen LogP contribution in [-0.2, 0) is 16.4 Å². The molecule has 0 unspecified atom stereocenters. The molecule has 1 heterocycles. The zero-order valence-electron chi connectivity index (χ0n) is 10.5. The molecule has 0 amide bonds. The lowest BCUT2D eigenvalue weighted by molar-refractivity contribution is 0.174. The van der Waals surface area contributed by atoms with Crippen LogP contribution in [0.25, 0.3) is 0 Å². The van der Waals surface area contributed by atoms with Gasteiger partial charge >= 0.3 is 0 Å². The molecule has 0 bridgehead atoms. The van der Waals surface area contributed by atoms with Crippen LogP contribution in [0.5, 0.6) is 11.5 Å². The van der Waals surface area contributed by atoms with Crippen LogP contribution in [0.15, 0.2) is 18.2 Å². The minimum atomic E-state index is -2.91. The number of fused-ring (bicyclic) bond motifs is 1. The van der Waals surface area contributed by atoms with E-state index in [2.05, 4.69) is 0 Å². The van der Waals surface area contributed by atoms with E-state index in [1.807, 2.05) is 30.1 Å². The summed E-state index contributed by atoms with van der Waals surface area (Å²) in [5, 5.41) is 0. The van der Waals surface area contributed by atoms with Gasteiger partial charge in [-0.2, -0.15) is 0 Å². The highest BCUT2D eigenvalue weighted by Gasteiger charge is 2.14. The summed E-state index contributed by atoms with van der Waals surface area (Å²) in [5.41, 5.74) is 1.08. The summed E-state index contributed by atoms with van der Waals surface area (Å²) < 4.78 is 32.7. The van der Waals surface area contributed by atoms with Crippen molar-refractivity contribution in [3.63, 3.8) is 0 Å². The minimum Gasteiger partial charge on any atom is -0.454 e. The second-order valence-electron chi connectivity index (χ2n) is 4.56. The van der Waals surface area contributed by atoms with Gasteiger partial charge in [-0.3, -0.25) is 0 Å². The van der Waals surface area contributed by atoms with Gasteiger partial charge in [-0.1, -0.05) is 6.07 Å². The highest BCUT2D eigenvalue weighted by Crippen LogP contribution is 2.32. The van der Waals surface area contributed by atoms with E-state index in [4.69, 9.17) is 9.47 Å². The third kappa shape index (κ3) is 3.61. The first-order valence-electron chi connectivity index (χ1n) is 5.69. The maximum atomic E-state index is 11.1.